The highest BCUT2D eigenvalue weighted by Crippen LogP contribution is 2.35. The van der Waals surface area contributed by atoms with Gasteiger partial charge in [-0.1, -0.05) is 182 Å². The lowest BCUT2D eigenvalue weighted by Crippen LogP contribution is -2.58. The number of aryl methyl sites for hydroxylation is 1. The van der Waals surface area contributed by atoms with E-state index < -0.39 is 163 Å². The summed E-state index contributed by atoms with van der Waals surface area (Å²) in [6.07, 6.45) is -2.17. The van der Waals surface area contributed by atoms with Gasteiger partial charge in [-0.15, -0.1) is 0 Å². The molecule has 9 aromatic rings. The van der Waals surface area contributed by atoms with Gasteiger partial charge in [0.2, 0.25) is 65.0 Å². The van der Waals surface area contributed by atoms with Crippen molar-refractivity contribution in [2.24, 2.45) is 11.5 Å². The van der Waals surface area contributed by atoms with Gasteiger partial charge in [0, 0.05) is 62.8 Å². The van der Waals surface area contributed by atoms with Gasteiger partial charge in [0.05, 0.1) is 37.8 Å². The normalized spacial score (nSPS) is 22.0. The van der Waals surface area contributed by atoms with Gasteiger partial charge >= 0.3 is 11.9 Å². The Morgan fingerprint density at radius 3 is 1.36 bits per heavy atom. The molecule has 2 fully saturated rings. The van der Waals surface area contributed by atoms with Crippen molar-refractivity contribution in [2.75, 3.05) is 32.7 Å². The van der Waals surface area contributed by atoms with Crippen LogP contribution < -0.4 is 70.0 Å². The molecule has 19 N–H and O–H groups in total. The maximum atomic E-state index is 15.4. The van der Waals surface area contributed by atoms with E-state index in [1.165, 1.54) is 9.80 Å². The Morgan fingerprint density at radius 2 is 0.823 bits per heavy atom. The lowest BCUT2D eigenvalue weighted by molar-refractivity contribution is -0.148. The summed E-state index contributed by atoms with van der Waals surface area (Å²) in [6, 6.07) is 39.1. The van der Waals surface area contributed by atoms with Gasteiger partial charge in [0.25, 0.3) is 0 Å². The van der Waals surface area contributed by atoms with Crippen molar-refractivity contribution in [3.63, 3.8) is 0 Å². The van der Waals surface area contributed by atoms with Crippen molar-refractivity contribution in [3.8, 4) is 0 Å². The molecular formula is C91H103N17O16. The second kappa shape index (κ2) is 42.3. The minimum atomic E-state index is -1.73. The molecule has 0 saturated carbocycles. The molecule has 1 aromatic heterocycles. The smallest absolute Gasteiger partial charge is 0.305 e. The molecule has 0 aliphatic carbocycles. The maximum Gasteiger partial charge on any atom is 0.305 e. The SMILES string of the molecule is N=C(N)NCCCC1NC(=O)C2CCCN2C(=O)C2CCCN2C(=O)C(CCCNC(=N)N)NC(=O)CC(c2cccc3ccccc23)NC(=O)C(Cc2ccccc2)NC(=O)C(CC(=O)O)NC(=O)CCc2cccc3c2oc2c(cccc23)CCNC(=O)C(CC(=O)O)NC(=O)C(Cc2ccccc2)NC(=O)CC(c2cccc3ccccc23)NC1=O. The highest BCUT2D eigenvalue weighted by molar-refractivity contribution is 6.07. The lowest BCUT2D eigenvalue weighted by atomic mass is 9.95. The van der Waals surface area contributed by atoms with E-state index in [4.69, 9.17) is 26.7 Å². The number of nitrogens with zero attached hydrogens (tertiary/aromatic N) is 2. The first-order chi connectivity index (χ1) is 59.8. The Balaban J connectivity index is 0.886. The van der Waals surface area contributed by atoms with Crippen LogP contribution in [0, 0.1) is 10.8 Å². The zero-order valence-electron chi connectivity index (χ0n) is 68.3. The number of hydrogen-bond donors (Lipinski definition) is 17. The third-order valence-electron chi connectivity index (χ3n) is 22.6. The second-order valence-electron chi connectivity index (χ2n) is 31.4. The van der Waals surface area contributed by atoms with Crippen LogP contribution in [0.4, 0.5) is 0 Å². The van der Waals surface area contributed by atoms with Crippen LogP contribution in [0.1, 0.15) is 129 Å². The molecule has 4 heterocycles. The van der Waals surface area contributed by atoms with E-state index in [-0.39, 0.29) is 115 Å². The van der Waals surface area contributed by atoms with Gasteiger partial charge in [0.15, 0.2) is 11.9 Å². The molecule has 8 aromatic carbocycles. The van der Waals surface area contributed by atoms with Crippen LogP contribution in [-0.4, -0.2) is 190 Å². The van der Waals surface area contributed by atoms with Crippen LogP contribution in [0.5, 0.6) is 0 Å². The van der Waals surface area contributed by atoms with Gasteiger partial charge in [-0.3, -0.25) is 73.1 Å². The first kappa shape index (κ1) is 89.0. The van der Waals surface area contributed by atoms with Gasteiger partial charge in [-0.25, -0.2) is 0 Å². The lowest BCUT2D eigenvalue weighted by Gasteiger charge is -2.33. The number of benzene rings is 8. The Hall–Kier alpha value is -14.3. The number of carbonyl (C=O) groups is 13. The summed E-state index contributed by atoms with van der Waals surface area (Å²) in [5.41, 5.74) is 15.4. The number of carboxylic acids is 2. The molecule has 10 atom stereocenters. The fraction of sp³-hybridized carbons (Fsp3) is 0.352. The molecule has 0 radical (unpaired) electrons. The monoisotopic (exact) mass is 1690 g/mol. The summed E-state index contributed by atoms with van der Waals surface area (Å²) in [6.45, 7) is 0.198. The van der Waals surface area contributed by atoms with Crippen molar-refractivity contribution in [3.05, 3.63) is 215 Å². The van der Waals surface area contributed by atoms with Crippen molar-refractivity contribution in [2.45, 2.75) is 170 Å². The molecule has 12 rings (SSSR count). The van der Waals surface area contributed by atoms with Crippen LogP contribution >= 0.6 is 0 Å². The number of hydrogen-bond acceptors (Lipinski definition) is 16. The van der Waals surface area contributed by atoms with Crippen LogP contribution in [0.25, 0.3) is 43.5 Å². The average Bonchev–Trinajstić information content (AvgIpc) is 1.61. The largest absolute Gasteiger partial charge is 0.481 e. The molecule has 0 spiro atoms. The molecule has 2 bridgehead atoms. The molecule has 11 amide bonds. The Bertz CT molecular complexity index is 5470. The van der Waals surface area contributed by atoms with E-state index >= 15 is 28.8 Å². The van der Waals surface area contributed by atoms with Crippen LogP contribution in [0.15, 0.2) is 186 Å². The predicted octanol–water partition coefficient (Wildman–Crippen LogP) is 4.84. The van der Waals surface area contributed by atoms with Crippen molar-refractivity contribution in [1.29, 1.82) is 10.8 Å². The van der Waals surface area contributed by atoms with E-state index in [2.05, 4.69) is 58.5 Å². The minimum Gasteiger partial charge on any atom is -0.481 e. The molecule has 648 valence electrons. The standard InChI is InChI=1S/C91H103N17O16/c92-90(93)97-42-15-35-65-83(117)103-67(61-31-11-25-55-23-7-9-29-59(55)61)50-77(111)101-69(47-53-19-3-1-4-20-53)84(118)106-71(51-78(112)113)82(116)96-44-41-58-28-14-34-64-63-33-13-27-57(80(63)124-81(58)64)39-40-75(109)100-72(52-79(114)115)86(120)105-70(48-54-21-5-2-6-22-54)85(119)104-68(62-32-12-26-56-24-8-10-30-60(56)62)49-76(110)99-66(36-16-43-98-91(94)95)88(122)108-46-18-38-74(108)89(123)107-45-17-37-73(107)87(121)102-65/h1-14,19-34,65-74H,15-18,35-52H2,(H,96,116)(H,99,110)(H,100,109)(H,101,111)(H,102,121)(H,103,117)(H,104,119)(H,105,120)(H,106,118)(H,112,113)(H,114,115)(H4,92,93,97)(H4,94,95,98). The van der Waals surface area contributed by atoms with E-state index in [1.54, 1.807) is 133 Å². The fourth-order valence-corrected chi connectivity index (χ4v) is 16.6. The Labute approximate surface area is 714 Å². The number of para-hydroxylation sites is 2. The third kappa shape index (κ3) is 23.5. The molecule has 2 saturated heterocycles. The number of furan rings is 1. The van der Waals surface area contributed by atoms with Gasteiger partial charge in [0.1, 0.15) is 59.5 Å². The summed E-state index contributed by atoms with van der Waals surface area (Å²) in [5.74, 6) is -12.2. The number of rotatable bonds is 18. The van der Waals surface area contributed by atoms with E-state index in [0.717, 1.165) is 10.8 Å². The zero-order chi connectivity index (χ0) is 87.9. The Kier molecular flexibility index (Phi) is 30.4. The first-order valence-electron chi connectivity index (χ1n) is 41.7. The first-order valence-corrected chi connectivity index (χ1v) is 41.7. The highest BCUT2D eigenvalue weighted by atomic mass is 16.4. The highest BCUT2D eigenvalue weighted by Gasteiger charge is 2.45. The molecule has 33 nitrogen and oxygen atoms in total. The van der Waals surface area contributed by atoms with Gasteiger partial charge < -0.3 is 94.4 Å². The number of carboxylic acid groups (broad SMARTS) is 2. The molecule has 3 aliphatic heterocycles. The van der Waals surface area contributed by atoms with Gasteiger partial charge in [-0.2, -0.15) is 0 Å². The van der Waals surface area contributed by atoms with Crippen LogP contribution in [0.2, 0.25) is 0 Å². The molecule has 33 heteroatoms. The van der Waals surface area contributed by atoms with E-state index in [0.29, 0.717) is 78.9 Å². The minimum absolute atomic E-state index is 0.0171. The molecular weight excluding hydrogens is 1590 g/mol. The predicted molar refractivity (Wildman–Crippen MR) is 462 cm³/mol. The van der Waals surface area contributed by atoms with Crippen LogP contribution in [-0.2, 0) is 88.0 Å². The van der Waals surface area contributed by atoms with Crippen molar-refractivity contribution < 1.29 is 77.0 Å². The zero-order valence-corrected chi connectivity index (χ0v) is 68.3. The van der Waals surface area contributed by atoms with Crippen molar-refractivity contribution in [1.82, 2.24) is 68.3 Å². The second-order valence-corrected chi connectivity index (χ2v) is 31.4. The van der Waals surface area contributed by atoms with Crippen molar-refractivity contribution >= 4 is 132 Å². The molecule has 10 unspecified atom stereocenters. The summed E-state index contributed by atoms with van der Waals surface area (Å²) >= 11 is 0. The number of nitrogens with one attached hydrogen (secondary N) is 13. The third-order valence-corrected chi connectivity index (χ3v) is 22.6. The number of guanidine groups is 2. The van der Waals surface area contributed by atoms with Crippen LogP contribution in [0.3, 0.4) is 0 Å². The summed E-state index contributed by atoms with van der Waals surface area (Å²) < 4.78 is 6.58. The average molecular weight is 1690 g/mol. The topological polar surface area (TPSA) is 514 Å². The fourth-order valence-electron chi connectivity index (χ4n) is 16.6. The van der Waals surface area contributed by atoms with E-state index in [9.17, 15) is 43.8 Å². The number of nitrogens with two attached hydrogens (primary N) is 2. The van der Waals surface area contributed by atoms with E-state index in [1.807, 2.05) is 48.5 Å². The summed E-state index contributed by atoms with van der Waals surface area (Å²) in [7, 11) is 0. The number of carbonyl (C=O) groups excluding carboxylic acids is 11. The Morgan fingerprint density at radius 1 is 0.411 bits per heavy atom. The summed E-state index contributed by atoms with van der Waals surface area (Å²) in [4.78, 5) is 193. The number of amides is 11. The maximum absolute atomic E-state index is 15.4. The molecule has 3 aliphatic rings. The molecule has 124 heavy (non-hydrogen) atoms. The quantitative estimate of drug-likeness (QED) is 0.0310. The van der Waals surface area contributed by atoms with Gasteiger partial charge in [-0.05, 0) is 119 Å². The number of aliphatic carboxylic acids is 2. The summed E-state index contributed by atoms with van der Waals surface area (Å²) in [5, 5.41) is 71.0. The number of fused-ring (bicyclic) bond motifs is 5.